The fourth-order valence-corrected chi connectivity index (χ4v) is 2.08. The van der Waals surface area contributed by atoms with Crippen molar-refractivity contribution in [2.75, 3.05) is 0 Å². The highest BCUT2D eigenvalue weighted by atomic mass is 35.5. The molecule has 3 nitrogen and oxygen atoms in total. The summed E-state index contributed by atoms with van der Waals surface area (Å²) >= 11 is 11.7. The van der Waals surface area contributed by atoms with Gasteiger partial charge in [-0.25, -0.2) is 9.37 Å². The molecular weight excluding hydrogens is 278 g/mol. The lowest BCUT2D eigenvalue weighted by Gasteiger charge is -2.12. The van der Waals surface area contributed by atoms with Gasteiger partial charge in [-0.15, -0.1) is 0 Å². The minimum atomic E-state index is -0.842. The minimum absolute atomic E-state index is 0.250. The van der Waals surface area contributed by atoms with Crippen LogP contribution in [-0.2, 0) is 13.5 Å². The molecule has 0 saturated heterocycles. The summed E-state index contributed by atoms with van der Waals surface area (Å²) in [4.78, 5) is 4.02. The van der Waals surface area contributed by atoms with Crippen LogP contribution in [0, 0.1) is 5.82 Å². The molecule has 96 valence electrons. The van der Waals surface area contributed by atoms with Crippen LogP contribution in [0.25, 0.3) is 0 Å². The molecule has 1 unspecified atom stereocenters. The van der Waals surface area contributed by atoms with Crippen LogP contribution in [0.5, 0.6) is 0 Å². The highest BCUT2D eigenvalue weighted by molar-refractivity contribution is 6.31. The molecule has 2 aromatic rings. The van der Waals surface area contributed by atoms with Gasteiger partial charge < -0.3 is 9.67 Å². The largest absolute Gasteiger partial charge is 0.385 e. The van der Waals surface area contributed by atoms with Gasteiger partial charge in [0.25, 0.3) is 0 Å². The maximum atomic E-state index is 12.9. The van der Waals surface area contributed by atoms with E-state index in [0.717, 1.165) is 0 Å². The third-order valence-corrected chi connectivity index (χ3v) is 3.40. The molecule has 1 heterocycles. The predicted molar refractivity (Wildman–Crippen MR) is 68.3 cm³/mol. The zero-order valence-corrected chi connectivity index (χ0v) is 11.1. The monoisotopic (exact) mass is 288 g/mol. The Morgan fingerprint density at radius 3 is 2.72 bits per heavy atom. The first-order valence-corrected chi connectivity index (χ1v) is 6.03. The van der Waals surface area contributed by atoms with E-state index in [1.54, 1.807) is 17.7 Å². The average molecular weight is 289 g/mol. The minimum Gasteiger partial charge on any atom is -0.385 e. The van der Waals surface area contributed by atoms with E-state index in [1.807, 2.05) is 0 Å². The molecule has 2 rings (SSSR count). The van der Waals surface area contributed by atoms with Crippen molar-refractivity contribution in [2.45, 2.75) is 12.5 Å². The Kier molecular flexibility index (Phi) is 3.90. The number of halogens is 3. The summed E-state index contributed by atoms with van der Waals surface area (Å²) in [5.41, 5.74) is 0.657. The summed E-state index contributed by atoms with van der Waals surface area (Å²) in [5, 5.41) is 10.8. The van der Waals surface area contributed by atoms with Crippen LogP contribution in [0.1, 0.15) is 17.5 Å². The first-order chi connectivity index (χ1) is 8.49. The number of benzene rings is 1. The summed E-state index contributed by atoms with van der Waals surface area (Å²) in [6.07, 6.45) is 0.873. The average Bonchev–Trinajstić information content (AvgIpc) is 2.64. The molecule has 0 spiro atoms. The van der Waals surface area contributed by atoms with Crippen molar-refractivity contribution >= 4 is 23.2 Å². The Bertz CT molecular complexity index is 571. The highest BCUT2D eigenvalue weighted by Gasteiger charge is 2.16. The van der Waals surface area contributed by atoms with Crippen molar-refractivity contribution in [1.82, 2.24) is 9.55 Å². The second kappa shape index (κ2) is 5.26. The molecule has 0 aliphatic rings. The van der Waals surface area contributed by atoms with Gasteiger partial charge >= 0.3 is 0 Å². The molecule has 1 aromatic carbocycles. The van der Waals surface area contributed by atoms with Crippen LogP contribution < -0.4 is 0 Å². The van der Waals surface area contributed by atoms with Gasteiger partial charge in [0, 0.05) is 18.5 Å². The molecule has 0 bridgehead atoms. The van der Waals surface area contributed by atoms with Crippen molar-refractivity contribution in [1.29, 1.82) is 0 Å². The number of nitrogens with zero attached hydrogens (tertiary/aromatic N) is 2. The fourth-order valence-electron chi connectivity index (χ4n) is 1.70. The first-order valence-electron chi connectivity index (χ1n) is 5.28. The number of aliphatic hydroxyl groups is 1. The zero-order valence-electron chi connectivity index (χ0n) is 9.57. The Balaban J connectivity index is 2.21. The van der Waals surface area contributed by atoms with Gasteiger partial charge in [-0.05, 0) is 17.7 Å². The maximum absolute atomic E-state index is 12.9. The molecule has 1 aromatic heterocycles. The number of imidazole rings is 1. The number of aliphatic hydroxyl groups excluding tert-OH is 1. The van der Waals surface area contributed by atoms with Gasteiger partial charge in [0.1, 0.15) is 22.9 Å². The van der Waals surface area contributed by atoms with E-state index in [9.17, 15) is 9.50 Å². The van der Waals surface area contributed by atoms with Crippen LogP contribution in [0.4, 0.5) is 4.39 Å². The smallest absolute Gasteiger partial charge is 0.138 e. The van der Waals surface area contributed by atoms with Gasteiger partial charge in [-0.1, -0.05) is 29.3 Å². The van der Waals surface area contributed by atoms with Crippen LogP contribution in [0.3, 0.4) is 0 Å². The molecule has 1 atom stereocenters. The van der Waals surface area contributed by atoms with Crippen LogP contribution in [-0.4, -0.2) is 14.7 Å². The highest BCUT2D eigenvalue weighted by Crippen LogP contribution is 2.24. The molecule has 0 fully saturated rings. The summed E-state index contributed by atoms with van der Waals surface area (Å²) in [7, 11) is 1.71. The molecule has 0 saturated carbocycles. The van der Waals surface area contributed by atoms with E-state index in [2.05, 4.69) is 4.98 Å². The van der Waals surface area contributed by atoms with Gasteiger partial charge in [-0.3, -0.25) is 0 Å². The fraction of sp³-hybridized carbons (Fsp3) is 0.250. The van der Waals surface area contributed by atoms with E-state index < -0.39 is 11.9 Å². The second-order valence-electron chi connectivity index (χ2n) is 3.95. The molecular formula is C12H11Cl2FN2O. The van der Waals surface area contributed by atoms with Crippen molar-refractivity contribution in [3.05, 3.63) is 51.8 Å². The number of hydrogen-bond acceptors (Lipinski definition) is 2. The van der Waals surface area contributed by atoms with Crippen molar-refractivity contribution < 1.29 is 9.50 Å². The molecule has 1 N–H and O–H groups in total. The van der Waals surface area contributed by atoms with Crippen LogP contribution in [0.2, 0.25) is 10.2 Å². The Morgan fingerprint density at radius 1 is 1.44 bits per heavy atom. The zero-order chi connectivity index (χ0) is 13.3. The number of aromatic nitrogens is 2. The molecule has 0 aliphatic carbocycles. The van der Waals surface area contributed by atoms with Crippen molar-refractivity contribution in [2.24, 2.45) is 7.05 Å². The van der Waals surface area contributed by atoms with E-state index in [1.165, 1.54) is 18.3 Å². The Hall–Kier alpha value is -1.10. The summed E-state index contributed by atoms with van der Waals surface area (Å²) in [6, 6.07) is 4.07. The summed E-state index contributed by atoms with van der Waals surface area (Å²) in [6.45, 7) is 0. The number of rotatable bonds is 3. The Morgan fingerprint density at radius 2 is 2.17 bits per heavy atom. The normalized spacial score (nSPS) is 12.7. The lowest BCUT2D eigenvalue weighted by atomic mass is 10.1. The van der Waals surface area contributed by atoms with E-state index in [-0.39, 0.29) is 11.4 Å². The van der Waals surface area contributed by atoms with Gasteiger partial charge in [0.2, 0.25) is 0 Å². The third kappa shape index (κ3) is 2.66. The third-order valence-electron chi connectivity index (χ3n) is 2.69. The first kappa shape index (κ1) is 13.3. The van der Waals surface area contributed by atoms with Gasteiger partial charge in [-0.2, -0.15) is 0 Å². The molecule has 18 heavy (non-hydrogen) atoms. The summed E-state index contributed by atoms with van der Waals surface area (Å²) in [5.74, 6) is 0.0404. The standard InChI is InChI=1S/C12H11Cl2FN2O/c1-17-11(14)6-16-12(17)10(18)4-7-2-3-8(15)5-9(7)13/h2-3,5-6,10,18H,4H2,1H3. The topological polar surface area (TPSA) is 38.0 Å². The maximum Gasteiger partial charge on any atom is 0.138 e. The van der Waals surface area contributed by atoms with Crippen LogP contribution >= 0.6 is 23.2 Å². The van der Waals surface area contributed by atoms with E-state index in [0.29, 0.717) is 16.5 Å². The molecule has 6 heteroatoms. The molecule has 0 aliphatic heterocycles. The van der Waals surface area contributed by atoms with Crippen molar-refractivity contribution in [3.63, 3.8) is 0 Å². The lowest BCUT2D eigenvalue weighted by Crippen LogP contribution is -2.09. The quantitative estimate of drug-likeness (QED) is 0.942. The van der Waals surface area contributed by atoms with E-state index >= 15 is 0 Å². The van der Waals surface area contributed by atoms with Gasteiger partial charge in [0.15, 0.2) is 0 Å². The predicted octanol–water partition coefficient (Wildman–Crippen LogP) is 3.14. The number of hydrogen-bond donors (Lipinski definition) is 1. The van der Waals surface area contributed by atoms with Crippen LogP contribution in [0.15, 0.2) is 24.4 Å². The SMILES string of the molecule is Cn1c(Cl)cnc1C(O)Cc1ccc(F)cc1Cl. The second-order valence-corrected chi connectivity index (χ2v) is 4.75. The molecule has 0 amide bonds. The summed E-state index contributed by atoms with van der Waals surface area (Å²) < 4.78 is 14.5. The lowest BCUT2D eigenvalue weighted by molar-refractivity contribution is 0.165. The Labute approximate surface area is 114 Å². The van der Waals surface area contributed by atoms with E-state index in [4.69, 9.17) is 23.2 Å². The van der Waals surface area contributed by atoms with Gasteiger partial charge in [0.05, 0.1) is 6.20 Å². The van der Waals surface area contributed by atoms with Crippen molar-refractivity contribution in [3.8, 4) is 0 Å². The molecule has 0 radical (unpaired) electrons.